The van der Waals surface area contributed by atoms with Crippen molar-refractivity contribution in [2.75, 3.05) is 5.75 Å². The molecule has 0 bridgehead atoms. The molecule has 92 valence electrons. The quantitative estimate of drug-likeness (QED) is 0.863. The first-order valence-electron chi connectivity index (χ1n) is 6.00. The number of hydrogen-bond acceptors (Lipinski definition) is 3. The lowest BCUT2D eigenvalue weighted by Crippen LogP contribution is -2.42. The highest BCUT2D eigenvalue weighted by atomic mass is 32.2. The highest BCUT2D eigenvalue weighted by Gasteiger charge is 2.23. The zero-order valence-corrected chi connectivity index (χ0v) is 10.8. The second kappa shape index (κ2) is 5.56. The van der Waals surface area contributed by atoms with Crippen LogP contribution in [0.25, 0.3) is 0 Å². The first-order chi connectivity index (χ1) is 8.22. The molecule has 1 aromatic rings. The minimum absolute atomic E-state index is 0.0424. The van der Waals surface area contributed by atoms with Crippen LogP contribution in [0.5, 0.6) is 0 Å². The zero-order valence-electron chi connectivity index (χ0n) is 9.98. The second-order valence-electron chi connectivity index (χ2n) is 4.25. The molecule has 4 heteroatoms. The molecule has 0 aromatic heterocycles. The van der Waals surface area contributed by atoms with Gasteiger partial charge in [0.1, 0.15) is 0 Å². The summed E-state index contributed by atoms with van der Waals surface area (Å²) in [7, 11) is 0. The molecular weight excluding hydrogens is 232 g/mol. The molecule has 0 saturated carbocycles. The Kier molecular flexibility index (Phi) is 4.07. The van der Waals surface area contributed by atoms with Crippen molar-refractivity contribution in [2.24, 2.45) is 5.73 Å². The molecule has 2 rings (SSSR count). The number of nitrogens with one attached hydrogen (secondary N) is 1. The van der Waals surface area contributed by atoms with Gasteiger partial charge >= 0.3 is 0 Å². The molecule has 0 aliphatic carbocycles. The van der Waals surface area contributed by atoms with E-state index < -0.39 is 6.04 Å². The Balaban J connectivity index is 2.11. The van der Waals surface area contributed by atoms with Crippen LogP contribution < -0.4 is 11.1 Å². The predicted octanol–water partition coefficient (Wildman–Crippen LogP) is 2.08. The summed E-state index contributed by atoms with van der Waals surface area (Å²) in [5.41, 5.74) is 6.96. The SMILES string of the molecule is CC[C@H](N)C(=O)NC1CCSc2ccccc21. The maximum absolute atomic E-state index is 11.8. The van der Waals surface area contributed by atoms with Crippen LogP contribution in [0.3, 0.4) is 0 Å². The smallest absolute Gasteiger partial charge is 0.237 e. The summed E-state index contributed by atoms with van der Waals surface area (Å²) >= 11 is 1.85. The van der Waals surface area contributed by atoms with Crippen molar-refractivity contribution in [2.45, 2.75) is 36.7 Å². The summed E-state index contributed by atoms with van der Waals surface area (Å²) in [5.74, 6) is 1.00. The molecule has 17 heavy (non-hydrogen) atoms. The minimum atomic E-state index is -0.392. The van der Waals surface area contributed by atoms with E-state index in [4.69, 9.17) is 5.73 Å². The molecular formula is C13H18N2OS. The van der Waals surface area contributed by atoms with E-state index in [0.29, 0.717) is 6.42 Å². The van der Waals surface area contributed by atoms with Gasteiger partial charge in [-0.15, -0.1) is 11.8 Å². The molecule has 1 amide bonds. The van der Waals surface area contributed by atoms with Gasteiger partial charge in [-0.3, -0.25) is 4.79 Å². The number of benzene rings is 1. The van der Waals surface area contributed by atoms with Gasteiger partial charge in [-0.1, -0.05) is 25.1 Å². The average molecular weight is 250 g/mol. The summed E-state index contributed by atoms with van der Waals surface area (Å²) < 4.78 is 0. The van der Waals surface area contributed by atoms with E-state index >= 15 is 0 Å². The van der Waals surface area contributed by atoms with Gasteiger partial charge in [0.25, 0.3) is 0 Å². The van der Waals surface area contributed by atoms with E-state index in [1.807, 2.05) is 30.8 Å². The lowest BCUT2D eigenvalue weighted by molar-refractivity contribution is -0.123. The molecule has 0 spiro atoms. The Morgan fingerprint density at radius 3 is 3.12 bits per heavy atom. The molecule has 3 nitrogen and oxygen atoms in total. The summed E-state index contributed by atoms with van der Waals surface area (Å²) in [5, 5.41) is 3.05. The number of amides is 1. The van der Waals surface area contributed by atoms with E-state index in [0.717, 1.165) is 12.2 Å². The van der Waals surface area contributed by atoms with Gasteiger partial charge in [-0.25, -0.2) is 0 Å². The Bertz CT molecular complexity index is 408. The standard InChI is InChI=1S/C13H18N2OS/c1-2-10(14)13(16)15-11-7-8-17-12-6-4-3-5-9(11)12/h3-6,10-11H,2,7-8,14H2,1H3,(H,15,16)/t10-,11?/m0/s1. The Morgan fingerprint density at radius 2 is 2.35 bits per heavy atom. The van der Waals surface area contributed by atoms with E-state index in [-0.39, 0.29) is 11.9 Å². The zero-order chi connectivity index (χ0) is 12.3. The third-order valence-corrected chi connectivity index (χ3v) is 4.17. The van der Waals surface area contributed by atoms with Gasteiger partial charge in [-0.2, -0.15) is 0 Å². The molecule has 1 unspecified atom stereocenters. The number of thioether (sulfide) groups is 1. The van der Waals surface area contributed by atoms with Gasteiger partial charge in [0.05, 0.1) is 12.1 Å². The van der Waals surface area contributed by atoms with Crippen molar-refractivity contribution in [1.82, 2.24) is 5.32 Å². The summed E-state index contributed by atoms with van der Waals surface area (Å²) in [6.45, 7) is 1.93. The number of fused-ring (bicyclic) bond motifs is 1. The van der Waals surface area contributed by atoms with Crippen LogP contribution in [0.4, 0.5) is 0 Å². The van der Waals surface area contributed by atoms with Crippen molar-refractivity contribution in [3.63, 3.8) is 0 Å². The Hall–Kier alpha value is -1.00. The van der Waals surface area contributed by atoms with Gasteiger partial charge in [0.2, 0.25) is 5.91 Å². The van der Waals surface area contributed by atoms with Crippen molar-refractivity contribution in [1.29, 1.82) is 0 Å². The largest absolute Gasteiger partial charge is 0.348 e. The molecule has 1 aliphatic heterocycles. The van der Waals surface area contributed by atoms with Gasteiger partial charge < -0.3 is 11.1 Å². The number of hydrogen-bond donors (Lipinski definition) is 2. The van der Waals surface area contributed by atoms with Crippen molar-refractivity contribution < 1.29 is 4.79 Å². The number of carbonyl (C=O) groups is 1. The number of nitrogens with two attached hydrogens (primary N) is 1. The molecule has 1 aliphatic rings. The molecule has 0 fully saturated rings. The van der Waals surface area contributed by atoms with Crippen LogP contribution in [0.2, 0.25) is 0 Å². The highest BCUT2D eigenvalue weighted by Crippen LogP contribution is 2.35. The van der Waals surface area contributed by atoms with Crippen LogP contribution >= 0.6 is 11.8 Å². The van der Waals surface area contributed by atoms with E-state index in [2.05, 4.69) is 17.4 Å². The number of rotatable bonds is 3. The van der Waals surface area contributed by atoms with E-state index in [1.54, 1.807) is 0 Å². The Labute approximate surface area is 106 Å². The molecule has 0 saturated heterocycles. The Morgan fingerprint density at radius 1 is 1.59 bits per heavy atom. The van der Waals surface area contributed by atoms with Crippen molar-refractivity contribution in [3.05, 3.63) is 29.8 Å². The molecule has 0 radical (unpaired) electrons. The fourth-order valence-corrected chi connectivity index (χ4v) is 3.08. The molecule has 1 heterocycles. The van der Waals surface area contributed by atoms with Gasteiger partial charge in [-0.05, 0) is 24.5 Å². The third kappa shape index (κ3) is 2.82. The maximum atomic E-state index is 11.8. The third-order valence-electron chi connectivity index (χ3n) is 3.05. The molecule has 3 N–H and O–H groups in total. The lowest BCUT2D eigenvalue weighted by atomic mass is 10.0. The van der Waals surface area contributed by atoms with E-state index in [1.165, 1.54) is 10.5 Å². The van der Waals surface area contributed by atoms with Gasteiger partial charge in [0.15, 0.2) is 0 Å². The molecule has 1 aromatic carbocycles. The second-order valence-corrected chi connectivity index (χ2v) is 5.39. The maximum Gasteiger partial charge on any atom is 0.237 e. The average Bonchev–Trinajstić information content (AvgIpc) is 2.38. The van der Waals surface area contributed by atoms with Crippen molar-refractivity contribution in [3.8, 4) is 0 Å². The first kappa shape index (κ1) is 12.5. The lowest BCUT2D eigenvalue weighted by Gasteiger charge is -2.26. The fourth-order valence-electron chi connectivity index (χ4n) is 1.96. The van der Waals surface area contributed by atoms with Crippen LogP contribution in [0, 0.1) is 0 Å². The summed E-state index contributed by atoms with van der Waals surface area (Å²) in [6.07, 6.45) is 1.65. The van der Waals surface area contributed by atoms with E-state index in [9.17, 15) is 4.79 Å². The highest BCUT2D eigenvalue weighted by molar-refractivity contribution is 7.99. The van der Waals surface area contributed by atoms with Crippen LogP contribution in [-0.2, 0) is 4.79 Å². The minimum Gasteiger partial charge on any atom is -0.348 e. The van der Waals surface area contributed by atoms with Crippen LogP contribution in [0.1, 0.15) is 31.4 Å². The fraction of sp³-hybridized carbons (Fsp3) is 0.462. The molecule has 2 atom stereocenters. The summed E-state index contributed by atoms with van der Waals surface area (Å²) in [6, 6.07) is 7.98. The predicted molar refractivity (Wildman–Crippen MR) is 70.9 cm³/mol. The first-order valence-corrected chi connectivity index (χ1v) is 6.98. The van der Waals surface area contributed by atoms with Crippen LogP contribution in [-0.4, -0.2) is 17.7 Å². The van der Waals surface area contributed by atoms with Crippen LogP contribution in [0.15, 0.2) is 29.2 Å². The number of carbonyl (C=O) groups excluding carboxylic acids is 1. The summed E-state index contributed by atoms with van der Waals surface area (Å²) in [4.78, 5) is 13.1. The van der Waals surface area contributed by atoms with Crippen molar-refractivity contribution >= 4 is 17.7 Å². The normalized spacial score (nSPS) is 20.5. The van der Waals surface area contributed by atoms with Gasteiger partial charge in [0, 0.05) is 10.6 Å². The topological polar surface area (TPSA) is 55.1 Å². The monoisotopic (exact) mass is 250 g/mol.